The van der Waals surface area contributed by atoms with Crippen LogP contribution in [-0.4, -0.2) is 10.3 Å². The van der Waals surface area contributed by atoms with Crippen molar-refractivity contribution in [2.75, 3.05) is 0 Å². The van der Waals surface area contributed by atoms with Crippen molar-refractivity contribution in [2.24, 2.45) is 5.16 Å². The Labute approximate surface area is 68.8 Å². The molecule has 58 valence electrons. The monoisotopic (exact) mass is 171 g/mol. The van der Waals surface area contributed by atoms with Crippen LogP contribution in [0.15, 0.2) is 29.4 Å². The second-order valence-electron chi connectivity index (χ2n) is 1.93. The van der Waals surface area contributed by atoms with Gasteiger partial charge in [0.2, 0.25) is 0 Å². The summed E-state index contributed by atoms with van der Waals surface area (Å²) < 4.78 is 12.5. The number of hydrogen-bond donors (Lipinski definition) is 2. The van der Waals surface area contributed by atoms with Crippen molar-refractivity contribution in [2.45, 2.75) is 0 Å². The van der Waals surface area contributed by atoms with Crippen LogP contribution in [0.4, 0.5) is 4.39 Å². The van der Waals surface area contributed by atoms with Crippen LogP contribution in [0.1, 0.15) is 5.56 Å². The molecule has 0 fully saturated rings. The van der Waals surface area contributed by atoms with Gasteiger partial charge in [0.25, 0.3) is 0 Å². The van der Waals surface area contributed by atoms with Crippen LogP contribution < -0.4 is 0 Å². The van der Waals surface area contributed by atoms with E-state index >= 15 is 0 Å². The van der Waals surface area contributed by atoms with Crippen molar-refractivity contribution in [3.63, 3.8) is 0 Å². The molecule has 1 aromatic rings. The molecule has 0 saturated carbocycles. The quantitative estimate of drug-likeness (QED) is 0.218. The standard InChI is InChI=1S/C7H6FNOS/c8-6-3-1-2-5(4-6)7(11)9-10/h1-4,10H,(H,9,11). The minimum atomic E-state index is -0.377. The maximum absolute atomic E-state index is 12.5. The molecule has 0 amide bonds. The Morgan fingerprint density at radius 2 is 2.27 bits per heavy atom. The molecule has 0 atom stereocenters. The fourth-order valence-corrected chi connectivity index (χ4v) is 0.824. The summed E-state index contributed by atoms with van der Waals surface area (Å²) in [5.41, 5.74) is 0.454. The van der Waals surface area contributed by atoms with E-state index in [1.54, 1.807) is 6.07 Å². The Morgan fingerprint density at radius 3 is 2.82 bits per heavy atom. The molecule has 0 spiro atoms. The maximum atomic E-state index is 12.5. The van der Waals surface area contributed by atoms with Gasteiger partial charge >= 0.3 is 0 Å². The Kier molecular flexibility index (Phi) is 2.48. The lowest BCUT2D eigenvalue weighted by Crippen LogP contribution is -1.91. The van der Waals surface area contributed by atoms with Crippen LogP contribution in [0.5, 0.6) is 0 Å². The molecule has 0 bridgehead atoms. The lowest BCUT2D eigenvalue weighted by molar-refractivity contribution is 0.321. The van der Waals surface area contributed by atoms with E-state index in [0.717, 1.165) is 0 Å². The molecule has 0 aliphatic heterocycles. The van der Waals surface area contributed by atoms with Gasteiger partial charge in [-0.25, -0.2) is 4.39 Å². The summed E-state index contributed by atoms with van der Waals surface area (Å²) in [7, 11) is 0. The van der Waals surface area contributed by atoms with Crippen molar-refractivity contribution >= 4 is 17.7 Å². The largest absolute Gasteiger partial charge is 0.410 e. The topological polar surface area (TPSA) is 32.6 Å². The molecule has 1 aromatic carbocycles. The zero-order valence-corrected chi connectivity index (χ0v) is 6.42. The van der Waals surface area contributed by atoms with Gasteiger partial charge in [0.1, 0.15) is 10.9 Å². The summed E-state index contributed by atoms with van der Waals surface area (Å²) in [6.45, 7) is 0. The van der Waals surface area contributed by atoms with E-state index in [9.17, 15) is 4.39 Å². The van der Waals surface area contributed by atoms with E-state index in [1.807, 2.05) is 0 Å². The minimum Gasteiger partial charge on any atom is -0.410 e. The van der Waals surface area contributed by atoms with Gasteiger partial charge < -0.3 is 5.21 Å². The van der Waals surface area contributed by atoms with Crippen molar-refractivity contribution in [3.8, 4) is 0 Å². The van der Waals surface area contributed by atoms with Crippen LogP contribution in [0.3, 0.4) is 0 Å². The molecule has 0 unspecified atom stereocenters. The summed E-state index contributed by atoms with van der Waals surface area (Å²) in [6.07, 6.45) is 0. The molecule has 0 heterocycles. The van der Waals surface area contributed by atoms with Gasteiger partial charge in [-0.05, 0) is 12.1 Å². The van der Waals surface area contributed by atoms with Crippen molar-refractivity contribution in [3.05, 3.63) is 35.6 Å². The summed E-state index contributed by atoms with van der Waals surface area (Å²) in [5.74, 6) is -0.377. The lowest BCUT2D eigenvalue weighted by atomic mass is 10.2. The highest BCUT2D eigenvalue weighted by molar-refractivity contribution is 7.97. The van der Waals surface area contributed by atoms with E-state index < -0.39 is 0 Å². The van der Waals surface area contributed by atoms with Gasteiger partial charge in [0.05, 0.1) is 0 Å². The Balaban J connectivity index is 3.06. The summed E-state index contributed by atoms with van der Waals surface area (Å²) in [5, 5.41) is 11.2. The summed E-state index contributed by atoms with van der Waals surface area (Å²) in [4.78, 5) is 0. The number of oxime groups is 1. The number of benzene rings is 1. The fourth-order valence-electron chi connectivity index (χ4n) is 0.685. The molecule has 4 heteroatoms. The highest BCUT2D eigenvalue weighted by Gasteiger charge is 1.98. The molecular weight excluding hydrogens is 165 g/mol. The van der Waals surface area contributed by atoms with Gasteiger partial charge in [-0.2, -0.15) is 0 Å². The van der Waals surface area contributed by atoms with Crippen LogP contribution in [-0.2, 0) is 0 Å². The second kappa shape index (κ2) is 3.39. The van der Waals surface area contributed by atoms with E-state index in [-0.39, 0.29) is 10.9 Å². The van der Waals surface area contributed by atoms with E-state index in [1.165, 1.54) is 18.2 Å². The molecule has 0 aromatic heterocycles. The summed E-state index contributed by atoms with van der Waals surface area (Å²) in [6, 6.07) is 5.67. The normalized spacial score (nSPS) is 11.6. The molecular formula is C7H6FNOS. The second-order valence-corrected chi connectivity index (χ2v) is 2.36. The smallest absolute Gasteiger partial charge is 0.140 e. The van der Waals surface area contributed by atoms with Gasteiger partial charge in [0.15, 0.2) is 0 Å². The molecule has 0 radical (unpaired) electrons. The molecule has 0 saturated heterocycles. The summed E-state index contributed by atoms with van der Waals surface area (Å²) >= 11 is 3.80. The highest BCUT2D eigenvalue weighted by Crippen LogP contribution is 2.06. The number of halogens is 1. The first-order valence-electron chi connectivity index (χ1n) is 2.91. The average molecular weight is 171 g/mol. The third-order valence-electron chi connectivity index (χ3n) is 1.18. The zero-order valence-electron chi connectivity index (χ0n) is 5.53. The molecule has 2 nitrogen and oxygen atoms in total. The van der Waals surface area contributed by atoms with Crippen molar-refractivity contribution < 1.29 is 9.60 Å². The maximum Gasteiger partial charge on any atom is 0.140 e. The van der Waals surface area contributed by atoms with E-state index in [2.05, 4.69) is 17.8 Å². The third-order valence-corrected chi connectivity index (χ3v) is 1.53. The first-order chi connectivity index (χ1) is 5.24. The van der Waals surface area contributed by atoms with Crippen LogP contribution in [0.25, 0.3) is 0 Å². The fraction of sp³-hybridized carbons (Fsp3) is 0. The van der Waals surface area contributed by atoms with Gasteiger partial charge in [-0.3, -0.25) is 0 Å². The third kappa shape index (κ3) is 1.94. The lowest BCUT2D eigenvalue weighted by Gasteiger charge is -1.95. The first-order valence-corrected chi connectivity index (χ1v) is 3.35. The Morgan fingerprint density at radius 1 is 1.55 bits per heavy atom. The Bertz CT molecular complexity index is 288. The van der Waals surface area contributed by atoms with Gasteiger partial charge in [0, 0.05) is 5.56 Å². The number of hydrogen-bond acceptors (Lipinski definition) is 2. The number of thiol groups is 1. The average Bonchev–Trinajstić information content (AvgIpc) is 2.03. The number of rotatable bonds is 1. The van der Waals surface area contributed by atoms with Crippen molar-refractivity contribution in [1.82, 2.24) is 0 Å². The highest BCUT2D eigenvalue weighted by atomic mass is 32.1. The first kappa shape index (κ1) is 8.07. The van der Waals surface area contributed by atoms with Crippen LogP contribution >= 0.6 is 12.6 Å². The molecule has 1 rings (SSSR count). The van der Waals surface area contributed by atoms with E-state index in [0.29, 0.717) is 5.56 Å². The molecule has 0 aliphatic rings. The molecule has 0 aliphatic carbocycles. The number of nitrogens with zero attached hydrogens (tertiary/aromatic N) is 1. The van der Waals surface area contributed by atoms with Gasteiger partial charge in [-0.15, -0.1) is 12.6 Å². The predicted molar refractivity (Wildman–Crippen MR) is 43.7 cm³/mol. The zero-order chi connectivity index (χ0) is 8.27. The van der Waals surface area contributed by atoms with Crippen LogP contribution in [0.2, 0.25) is 0 Å². The van der Waals surface area contributed by atoms with E-state index in [4.69, 9.17) is 5.21 Å². The molecule has 1 N–H and O–H groups in total. The Hall–Kier alpha value is -1.03. The molecule has 11 heavy (non-hydrogen) atoms. The minimum absolute atomic E-state index is 0.101. The predicted octanol–water partition coefficient (Wildman–Crippen LogP) is 1.89. The van der Waals surface area contributed by atoms with Crippen molar-refractivity contribution in [1.29, 1.82) is 0 Å². The van der Waals surface area contributed by atoms with Crippen LogP contribution in [0, 0.1) is 5.82 Å². The SMILES string of the molecule is O/N=C(\S)c1cccc(F)c1. The van der Waals surface area contributed by atoms with Gasteiger partial charge in [-0.1, -0.05) is 17.3 Å².